The zero-order valence-electron chi connectivity index (χ0n) is 14.7. The van der Waals surface area contributed by atoms with E-state index in [1.165, 1.54) is 0 Å². The molecule has 1 aliphatic rings. The fourth-order valence-corrected chi connectivity index (χ4v) is 4.20. The number of hydrogen-bond acceptors (Lipinski definition) is 4. The van der Waals surface area contributed by atoms with Gasteiger partial charge in [0.15, 0.2) is 4.32 Å². The molecule has 2 aromatic carbocycles. The lowest BCUT2D eigenvalue weighted by Gasteiger charge is -2.15. The molecule has 0 bridgehead atoms. The largest absolute Gasteiger partial charge is 0.344 e. The van der Waals surface area contributed by atoms with Crippen LogP contribution in [0, 0.1) is 0 Å². The number of benzene rings is 2. The third-order valence-corrected chi connectivity index (χ3v) is 5.94. The summed E-state index contributed by atoms with van der Waals surface area (Å²) in [4.78, 5) is 25.6. The van der Waals surface area contributed by atoms with Gasteiger partial charge in [-0.2, -0.15) is 5.01 Å². The number of nitrogens with one attached hydrogen (secondary N) is 1. The van der Waals surface area contributed by atoms with Crippen molar-refractivity contribution in [1.82, 2.24) is 15.0 Å². The minimum absolute atomic E-state index is 0.275. The molecular formula is C20H14ClN3O2S2. The highest BCUT2D eigenvalue weighted by molar-refractivity contribution is 8.26. The van der Waals surface area contributed by atoms with Crippen LogP contribution in [-0.2, 0) is 11.8 Å². The van der Waals surface area contributed by atoms with Gasteiger partial charge in [-0.3, -0.25) is 15.0 Å². The van der Waals surface area contributed by atoms with Gasteiger partial charge in [0.2, 0.25) is 0 Å². The highest BCUT2D eigenvalue weighted by Gasteiger charge is 2.34. The first-order chi connectivity index (χ1) is 13.4. The van der Waals surface area contributed by atoms with Crippen molar-refractivity contribution in [1.29, 1.82) is 0 Å². The minimum Gasteiger partial charge on any atom is -0.344 e. The number of aromatic nitrogens is 1. The van der Waals surface area contributed by atoms with Crippen molar-refractivity contribution < 1.29 is 9.59 Å². The predicted octanol–water partition coefficient (Wildman–Crippen LogP) is 4.38. The number of hydrogen-bond donors (Lipinski definition) is 1. The molecule has 1 fully saturated rings. The fraction of sp³-hybridized carbons (Fsp3) is 0.0500. The van der Waals surface area contributed by atoms with Crippen molar-refractivity contribution in [2.24, 2.45) is 7.05 Å². The van der Waals surface area contributed by atoms with Crippen LogP contribution in [0.5, 0.6) is 0 Å². The molecule has 2 amide bonds. The Kier molecular flexibility index (Phi) is 4.97. The molecule has 0 unspecified atom stereocenters. The van der Waals surface area contributed by atoms with Crippen LogP contribution in [0.15, 0.2) is 59.5 Å². The van der Waals surface area contributed by atoms with Gasteiger partial charge in [0.05, 0.1) is 4.91 Å². The number of fused-ring (bicyclic) bond motifs is 1. The Labute approximate surface area is 175 Å². The van der Waals surface area contributed by atoms with E-state index >= 15 is 0 Å². The van der Waals surface area contributed by atoms with Crippen LogP contribution in [0.25, 0.3) is 17.0 Å². The quantitative estimate of drug-likeness (QED) is 0.498. The summed E-state index contributed by atoms with van der Waals surface area (Å²) < 4.78 is 2.28. The molecule has 1 aliphatic heterocycles. The third kappa shape index (κ3) is 3.44. The van der Waals surface area contributed by atoms with Crippen LogP contribution in [-0.4, -0.2) is 25.7 Å². The lowest BCUT2D eigenvalue weighted by atomic mass is 10.2. The van der Waals surface area contributed by atoms with E-state index < -0.39 is 5.91 Å². The van der Waals surface area contributed by atoms with Crippen LogP contribution < -0.4 is 5.43 Å². The zero-order valence-corrected chi connectivity index (χ0v) is 17.1. The molecule has 0 radical (unpaired) electrons. The van der Waals surface area contributed by atoms with Crippen LogP contribution in [0.4, 0.5) is 0 Å². The second kappa shape index (κ2) is 7.43. The third-order valence-electron chi connectivity index (χ3n) is 4.38. The summed E-state index contributed by atoms with van der Waals surface area (Å²) in [6, 6.07) is 16.4. The minimum atomic E-state index is -0.432. The molecule has 1 saturated heterocycles. The Hall–Kier alpha value is -2.61. The molecule has 5 nitrogen and oxygen atoms in total. The Bertz CT molecular complexity index is 1150. The van der Waals surface area contributed by atoms with Gasteiger partial charge < -0.3 is 4.57 Å². The molecular weight excluding hydrogens is 414 g/mol. The topological polar surface area (TPSA) is 54.3 Å². The number of para-hydroxylation sites is 1. The van der Waals surface area contributed by atoms with Crippen molar-refractivity contribution in [2.75, 3.05) is 0 Å². The molecule has 0 saturated carbocycles. The first kappa shape index (κ1) is 18.7. The van der Waals surface area contributed by atoms with Crippen molar-refractivity contribution in [3.63, 3.8) is 0 Å². The van der Waals surface area contributed by atoms with Crippen molar-refractivity contribution in [2.45, 2.75) is 0 Å². The van der Waals surface area contributed by atoms with Crippen LogP contribution >= 0.6 is 35.6 Å². The van der Waals surface area contributed by atoms with E-state index in [1.807, 2.05) is 41.9 Å². The first-order valence-corrected chi connectivity index (χ1v) is 9.93. The molecule has 28 heavy (non-hydrogen) atoms. The van der Waals surface area contributed by atoms with Crippen molar-refractivity contribution >= 4 is 68.7 Å². The van der Waals surface area contributed by atoms with Gasteiger partial charge in [0.1, 0.15) is 0 Å². The second-order valence-corrected chi connectivity index (χ2v) is 8.26. The summed E-state index contributed by atoms with van der Waals surface area (Å²) in [5.41, 5.74) is 4.90. The highest BCUT2D eigenvalue weighted by Crippen LogP contribution is 2.32. The van der Waals surface area contributed by atoms with E-state index in [-0.39, 0.29) is 10.2 Å². The smallest absolute Gasteiger partial charge is 0.285 e. The maximum absolute atomic E-state index is 12.8. The van der Waals surface area contributed by atoms with E-state index in [1.54, 1.807) is 30.3 Å². The van der Waals surface area contributed by atoms with E-state index in [0.717, 1.165) is 33.4 Å². The normalized spacial score (nSPS) is 15.6. The van der Waals surface area contributed by atoms with Crippen LogP contribution in [0.2, 0.25) is 5.02 Å². The van der Waals surface area contributed by atoms with E-state index in [2.05, 4.69) is 5.43 Å². The number of hydrazine groups is 1. The number of thiocarbonyl (C=S) groups is 1. The second-order valence-electron chi connectivity index (χ2n) is 6.15. The number of carbonyl (C=O) groups excluding carboxylic acids is 2. The molecule has 3 aromatic rings. The zero-order chi connectivity index (χ0) is 19.8. The number of amides is 2. The molecule has 4 rings (SSSR count). The van der Waals surface area contributed by atoms with Gasteiger partial charge in [0, 0.05) is 34.2 Å². The molecule has 1 N–H and O–H groups in total. The van der Waals surface area contributed by atoms with Gasteiger partial charge in [-0.15, -0.1) is 0 Å². The molecule has 2 heterocycles. The lowest BCUT2D eigenvalue weighted by Crippen LogP contribution is -2.44. The number of aryl methyl sites for hydroxylation is 1. The Balaban J connectivity index is 1.58. The molecule has 8 heteroatoms. The number of nitrogens with zero attached hydrogens (tertiary/aromatic N) is 2. The van der Waals surface area contributed by atoms with E-state index in [0.29, 0.717) is 15.5 Å². The monoisotopic (exact) mass is 427 g/mol. The predicted molar refractivity (Wildman–Crippen MR) is 117 cm³/mol. The summed E-state index contributed by atoms with van der Waals surface area (Å²) in [5, 5.41) is 2.72. The molecule has 1 aromatic heterocycles. The summed E-state index contributed by atoms with van der Waals surface area (Å²) >= 11 is 12.3. The Morgan fingerprint density at radius 1 is 1.18 bits per heavy atom. The summed E-state index contributed by atoms with van der Waals surface area (Å²) in [5.74, 6) is -0.790. The number of halogens is 1. The lowest BCUT2D eigenvalue weighted by molar-refractivity contribution is -0.123. The SMILES string of the molecule is Cn1c(/C=C2/SC(=S)N(NC(=O)c3ccc(Cl)cc3)C2=O)cc2ccccc21. The summed E-state index contributed by atoms with van der Waals surface area (Å²) in [6.45, 7) is 0. The number of rotatable bonds is 3. The van der Waals surface area contributed by atoms with E-state index in [4.69, 9.17) is 23.8 Å². The van der Waals surface area contributed by atoms with Gasteiger partial charge in [-0.05, 0) is 54.7 Å². The van der Waals surface area contributed by atoms with Crippen LogP contribution in [0.1, 0.15) is 16.1 Å². The van der Waals surface area contributed by atoms with Gasteiger partial charge in [0.25, 0.3) is 11.8 Å². The maximum Gasteiger partial charge on any atom is 0.285 e. The number of thioether (sulfide) groups is 1. The molecule has 140 valence electrons. The highest BCUT2D eigenvalue weighted by atomic mass is 35.5. The standard InChI is InChI=1S/C20H14ClN3O2S2/c1-23-15(10-13-4-2-3-5-16(13)23)11-17-19(26)24(20(27)28-17)22-18(25)12-6-8-14(21)9-7-12/h2-11H,1H3,(H,22,25)/b17-11+. The van der Waals surface area contributed by atoms with E-state index in [9.17, 15) is 9.59 Å². The maximum atomic E-state index is 12.8. The van der Waals surface area contributed by atoms with Gasteiger partial charge >= 0.3 is 0 Å². The van der Waals surface area contributed by atoms with Crippen molar-refractivity contribution in [3.8, 4) is 0 Å². The number of carbonyl (C=O) groups is 2. The van der Waals surface area contributed by atoms with Crippen molar-refractivity contribution in [3.05, 3.63) is 75.8 Å². The average molecular weight is 428 g/mol. The first-order valence-electron chi connectivity index (χ1n) is 8.33. The molecule has 0 atom stereocenters. The van der Waals surface area contributed by atoms with Gasteiger partial charge in [-0.1, -0.05) is 41.6 Å². The summed E-state index contributed by atoms with van der Waals surface area (Å²) in [6.07, 6.45) is 1.79. The summed E-state index contributed by atoms with van der Waals surface area (Å²) in [7, 11) is 1.94. The molecule has 0 aliphatic carbocycles. The molecule has 0 spiro atoms. The fourth-order valence-electron chi connectivity index (χ4n) is 2.91. The van der Waals surface area contributed by atoms with Gasteiger partial charge in [-0.25, -0.2) is 0 Å². The Morgan fingerprint density at radius 2 is 1.89 bits per heavy atom. The Morgan fingerprint density at radius 3 is 2.61 bits per heavy atom. The average Bonchev–Trinajstić information content (AvgIpc) is 3.14. The van der Waals surface area contributed by atoms with Crippen LogP contribution in [0.3, 0.4) is 0 Å².